The Labute approximate surface area is 107 Å². The molecule has 0 amide bonds. The summed E-state index contributed by atoms with van der Waals surface area (Å²) < 4.78 is 5.00. The summed E-state index contributed by atoms with van der Waals surface area (Å²) in [5.41, 5.74) is -0.377. The van der Waals surface area contributed by atoms with Gasteiger partial charge in [0.15, 0.2) is 5.78 Å². The molecule has 0 bridgehead atoms. The average molecular weight is 246 g/mol. The maximum atomic E-state index is 12.0. The van der Waals surface area contributed by atoms with Gasteiger partial charge in [-0.25, -0.2) is 0 Å². The zero-order valence-corrected chi connectivity index (χ0v) is 10.8. The molecule has 0 aromatic heterocycles. The minimum absolute atomic E-state index is 0.247. The minimum atomic E-state index is -1.28. The lowest BCUT2D eigenvalue weighted by Crippen LogP contribution is -2.39. The normalized spacial score (nSPS) is 13.4. The van der Waals surface area contributed by atoms with Gasteiger partial charge in [-0.15, -0.1) is 6.58 Å². The Morgan fingerprint density at radius 3 is 2.39 bits per heavy atom. The van der Waals surface area contributed by atoms with Crippen molar-refractivity contribution in [3.8, 4) is 0 Å². The summed E-state index contributed by atoms with van der Waals surface area (Å²) in [5, 5.41) is 0. The summed E-state index contributed by atoms with van der Waals surface area (Å²) >= 11 is 0. The molecule has 1 atom stereocenters. The highest BCUT2D eigenvalue weighted by Gasteiger charge is 2.41. The number of rotatable bonds is 6. The quantitative estimate of drug-likeness (QED) is 0.440. The number of hydrogen-bond acceptors (Lipinski definition) is 3. The Morgan fingerprint density at radius 2 is 1.94 bits per heavy atom. The molecule has 0 fully saturated rings. The molecule has 0 aliphatic carbocycles. The molecule has 1 unspecified atom stereocenters. The Bertz CT molecular complexity index is 436. The number of carbonyl (C=O) groups excluding carboxylic acids is 2. The van der Waals surface area contributed by atoms with Gasteiger partial charge < -0.3 is 4.74 Å². The Morgan fingerprint density at radius 1 is 1.33 bits per heavy atom. The zero-order chi connectivity index (χ0) is 13.6. The molecule has 0 heterocycles. The van der Waals surface area contributed by atoms with E-state index < -0.39 is 11.4 Å². The van der Waals surface area contributed by atoms with Crippen molar-refractivity contribution in [3.05, 3.63) is 48.6 Å². The van der Waals surface area contributed by atoms with E-state index >= 15 is 0 Å². The van der Waals surface area contributed by atoms with Gasteiger partial charge in [0, 0.05) is 0 Å². The predicted molar refractivity (Wildman–Crippen MR) is 70.1 cm³/mol. The van der Waals surface area contributed by atoms with Gasteiger partial charge in [-0.2, -0.15) is 0 Å². The van der Waals surface area contributed by atoms with Crippen molar-refractivity contribution in [2.45, 2.75) is 20.3 Å². The number of Topliss-reactive ketones (excluding diaryl/α,β-unsaturated/α-hetero) is 1. The van der Waals surface area contributed by atoms with E-state index in [0.29, 0.717) is 0 Å². The molecule has 3 nitrogen and oxygen atoms in total. The molecular formula is C15H18O3. The first-order valence-electron chi connectivity index (χ1n) is 5.92. The number of ketones is 1. The second kappa shape index (κ2) is 6.15. The summed E-state index contributed by atoms with van der Waals surface area (Å²) in [6.07, 6.45) is 1.67. The molecule has 1 aromatic carbocycles. The van der Waals surface area contributed by atoms with Crippen LogP contribution in [0.25, 0.3) is 0 Å². The lowest BCUT2D eigenvalue weighted by molar-refractivity contribution is -0.156. The fourth-order valence-electron chi connectivity index (χ4n) is 1.82. The van der Waals surface area contributed by atoms with E-state index in [1.54, 1.807) is 6.92 Å². The highest BCUT2D eigenvalue weighted by Crippen LogP contribution is 2.27. The fraction of sp³-hybridized carbons (Fsp3) is 0.333. The molecule has 0 aliphatic rings. The van der Waals surface area contributed by atoms with Crippen LogP contribution in [-0.2, 0) is 20.7 Å². The van der Waals surface area contributed by atoms with Crippen molar-refractivity contribution in [3.63, 3.8) is 0 Å². The lowest BCUT2D eigenvalue weighted by Gasteiger charge is -2.25. The topological polar surface area (TPSA) is 43.4 Å². The Hall–Kier alpha value is -1.90. The molecule has 1 rings (SSSR count). The lowest BCUT2D eigenvalue weighted by atomic mass is 9.78. The van der Waals surface area contributed by atoms with Crippen molar-refractivity contribution in [2.24, 2.45) is 5.41 Å². The van der Waals surface area contributed by atoms with Crippen molar-refractivity contribution < 1.29 is 14.3 Å². The maximum absolute atomic E-state index is 12.0. The van der Waals surface area contributed by atoms with Crippen LogP contribution in [0.4, 0.5) is 0 Å². The average Bonchev–Trinajstić information content (AvgIpc) is 2.37. The van der Waals surface area contributed by atoms with Crippen LogP contribution in [0.15, 0.2) is 43.0 Å². The maximum Gasteiger partial charge on any atom is 0.323 e. The van der Waals surface area contributed by atoms with E-state index in [1.807, 2.05) is 30.3 Å². The number of carbonyl (C=O) groups is 2. The van der Waals surface area contributed by atoms with E-state index in [2.05, 4.69) is 6.58 Å². The van der Waals surface area contributed by atoms with Gasteiger partial charge in [-0.05, 0) is 25.8 Å². The van der Waals surface area contributed by atoms with Gasteiger partial charge in [0.1, 0.15) is 5.41 Å². The van der Waals surface area contributed by atoms with Gasteiger partial charge in [0.2, 0.25) is 0 Å². The Kier molecular flexibility index (Phi) is 4.84. The highest BCUT2D eigenvalue weighted by atomic mass is 16.5. The summed E-state index contributed by atoms with van der Waals surface area (Å²) in [5.74, 6) is -0.781. The smallest absolute Gasteiger partial charge is 0.323 e. The number of benzene rings is 1. The molecule has 3 heteroatoms. The van der Waals surface area contributed by atoms with Crippen LogP contribution in [0.5, 0.6) is 0 Å². The van der Waals surface area contributed by atoms with Crippen molar-refractivity contribution in [1.82, 2.24) is 0 Å². The van der Waals surface area contributed by atoms with Gasteiger partial charge in [0.05, 0.1) is 6.61 Å². The SMILES string of the molecule is C=CC(Cc1ccccc1)(C(C)=O)C(=O)OCC. The summed E-state index contributed by atoms with van der Waals surface area (Å²) in [6.45, 7) is 6.99. The van der Waals surface area contributed by atoms with Crippen molar-refractivity contribution >= 4 is 11.8 Å². The first-order valence-corrected chi connectivity index (χ1v) is 5.92. The molecule has 0 N–H and O–H groups in total. The Balaban J connectivity index is 3.09. The third-order valence-corrected chi connectivity index (χ3v) is 2.94. The second-order valence-corrected chi connectivity index (χ2v) is 4.11. The van der Waals surface area contributed by atoms with Crippen LogP contribution in [-0.4, -0.2) is 18.4 Å². The van der Waals surface area contributed by atoms with Crippen LogP contribution >= 0.6 is 0 Å². The van der Waals surface area contributed by atoms with Crippen LogP contribution in [0.1, 0.15) is 19.4 Å². The highest BCUT2D eigenvalue weighted by molar-refractivity contribution is 6.05. The first kappa shape index (κ1) is 14.2. The van der Waals surface area contributed by atoms with Gasteiger partial charge in [-0.3, -0.25) is 9.59 Å². The molecule has 0 saturated heterocycles. The largest absolute Gasteiger partial charge is 0.465 e. The van der Waals surface area contributed by atoms with Crippen molar-refractivity contribution in [2.75, 3.05) is 6.61 Å². The van der Waals surface area contributed by atoms with Crippen LogP contribution < -0.4 is 0 Å². The molecule has 96 valence electrons. The van der Waals surface area contributed by atoms with Crippen molar-refractivity contribution in [1.29, 1.82) is 0 Å². The second-order valence-electron chi connectivity index (χ2n) is 4.11. The van der Waals surface area contributed by atoms with Gasteiger partial charge >= 0.3 is 5.97 Å². The van der Waals surface area contributed by atoms with Crippen LogP contribution in [0.3, 0.4) is 0 Å². The van der Waals surface area contributed by atoms with Gasteiger partial charge in [-0.1, -0.05) is 36.4 Å². The molecule has 1 aromatic rings. The summed E-state index contributed by atoms with van der Waals surface area (Å²) in [7, 11) is 0. The summed E-state index contributed by atoms with van der Waals surface area (Å²) in [6, 6.07) is 9.38. The number of hydrogen-bond donors (Lipinski definition) is 0. The molecular weight excluding hydrogens is 228 g/mol. The third kappa shape index (κ3) is 2.86. The zero-order valence-electron chi connectivity index (χ0n) is 10.8. The van der Waals surface area contributed by atoms with Gasteiger partial charge in [0.25, 0.3) is 0 Å². The van der Waals surface area contributed by atoms with E-state index in [0.717, 1.165) is 5.56 Å². The third-order valence-electron chi connectivity index (χ3n) is 2.94. The minimum Gasteiger partial charge on any atom is -0.465 e. The van der Waals surface area contributed by atoms with E-state index in [1.165, 1.54) is 13.0 Å². The fourth-order valence-corrected chi connectivity index (χ4v) is 1.82. The molecule has 18 heavy (non-hydrogen) atoms. The van der Waals surface area contributed by atoms with Crippen LogP contribution in [0.2, 0.25) is 0 Å². The van der Waals surface area contributed by atoms with E-state index in [9.17, 15) is 9.59 Å². The predicted octanol–water partition coefficient (Wildman–Crippen LogP) is 2.55. The monoisotopic (exact) mass is 246 g/mol. The number of esters is 1. The van der Waals surface area contributed by atoms with E-state index in [-0.39, 0.29) is 18.8 Å². The molecule has 0 aliphatic heterocycles. The summed E-state index contributed by atoms with van der Waals surface area (Å²) in [4.78, 5) is 23.9. The van der Waals surface area contributed by atoms with Crippen LogP contribution in [0, 0.1) is 5.41 Å². The number of ether oxygens (including phenoxy) is 1. The first-order chi connectivity index (χ1) is 8.56. The standard InChI is InChI=1S/C15H18O3/c1-4-15(12(3)16,14(17)18-5-2)11-13-9-7-6-8-10-13/h4,6-10H,1,5,11H2,2-3H3. The molecule has 0 saturated carbocycles. The molecule has 0 radical (unpaired) electrons. The molecule has 0 spiro atoms. The van der Waals surface area contributed by atoms with E-state index in [4.69, 9.17) is 4.74 Å².